The van der Waals surface area contributed by atoms with E-state index in [9.17, 15) is 0 Å². The van der Waals surface area contributed by atoms with Gasteiger partial charge in [0.15, 0.2) is 11.5 Å². The summed E-state index contributed by atoms with van der Waals surface area (Å²) < 4.78 is 15.0. The SMILES string of the molecule is CCCNc1snnc1COc1ccc(CO)cc1OC. The maximum Gasteiger partial charge on any atom is 0.161 e. The molecule has 0 spiro atoms. The monoisotopic (exact) mass is 309 g/mol. The predicted octanol–water partition coefficient (Wildman–Crippen LogP) is 2.44. The van der Waals surface area contributed by atoms with Crippen LogP contribution in [0.3, 0.4) is 0 Å². The molecule has 0 radical (unpaired) electrons. The van der Waals surface area contributed by atoms with E-state index in [-0.39, 0.29) is 6.61 Å². The summed E-state index contributed by atoms with van der Waals surface area (Å²) in [6, 6.07) is 5.33. The minimum atomic E-state index is -0.0300. The summed E-state index contributed by atoms with van der Waals surface area (Å²) in [5.74, 6) is 1.21. The molecular formula is C14H19N3O3S. The summed E-state index contributed by atoms with van der Waals surface area (Å²) >= 11 is 1.32. The molecule has 1 heterocycles. The summed E-state index contributed by atoms with van der Waals surface area (Å²) in [7, 11) is 1.57. The maximum atomic E-state index is 9.13. The minimum Gasteiger partial charge on any atom is -0.493 e. The van der Waals surface area contributed by atoms with Crippen molar-refractivity contribution in [2.24, 2.45) is 0 Å². The summed E-state index contributed by atoms with van der Waals surface area (Å²) in [6.07, 6.45) is 1.04. The standard InChI is InChI=1S/C14H19N3O3S/c1-3-6-15-14-11(16-17-21-14)9-20-12-5-4-10(8-18)7-13(12)19-2/h4-5,7,15,18H,3,6,8-9H2,1-2H3. The fraction of sp³-hybridized carbons (Fsp3) is 0.429. The third-order valence-electron chi connectivity index (χ3n) is 2.87. The van der Waals surface area contributed by atoms with Gasteiger partial charge in [-0.25, -0.2) is 0 Å². The highest BCUT2D eigenvalue weighted by atomic mass is 32.1. The van der Waals surface area contributed by atoms with Gasteiger partial charge in [0.25, 0.3) is 0 Å². The number of hydrogen-bond acceptors (Lipinski definition) is 7. The number of nitrogens with one attached hydrogen (secondary N) is 1. The van der Waals surface area contributed by atoms with Gasteiger partial charge < -0.3 is 19.9 Å². The summed E-state index contributed by atoms with van der Waals surface area (Å²) in [5.41, 5.74) is 1.56. The third kappa shape index (κ3) is 4.05. The first-order valence-corrected chi connectivity index (χ1v) is 7.51. The molecule has 0 saturated carbocycles. The molecule has 2 N–H and O–H groups in total. The van der Waals surface area contributed by atoms with Gasteiger partial charge >= 0.3 is 0 Å². The van der Waals surface area contributed by atoms with Crippen LogP contribution in [0.15, 0.2) is 18.2 Å². The molecule has 0 fully saturated rings. The van der Waals surface area contributed by atoms with Crippen molar-refractivity contribution >= 4 is 16.5 Å². The van der Waals surface area contributed by atoms with Crippen molar-refractivity contribution in [1.82, 2.24) is 9.59 Å². The lowest BCUT2D eigenvalue weighted by Crippen LogP contribution is -2.04. The van der Waals surface area contributed by atoms with Gasteiger partial charge in [0.2, 0.25) is 0 Å². The van der Waals surface area contributed by atoms with E-state index < -0.39 is 0 Å². The van der Waals surface area contributed by atoms with E-state index in [0.717, 1.165) is 29.2 Å². The Morgan fingerprint density at radius 3 is 2.90 bits per heavy atom. The zero-order chi connectivity index (χ0) is 15.1. The van der Waals surface area contributed by atoms with Crippen LogP contribution in [0.4, 0.5) is 5.00 Å². The normalized spacial score (nSPS) is 10.4. The molecule has 7 heteroatoms. The number of anilines is 1. The molecule has 6 nitrogen and oxygen atoms in total. The fourth-order valence-corrected chi connectivity index (χ4v) is 2.34. The van der Waals surface area contributed by atoms with Crippen LogP contribution < -0.4 is 14.8 Å². The van der Waals surface area contributed by atoms with Crippen LogP contribution in [0.25, 0.3) is 0 Å². The number of benzene rings is 1. The average Bonchev–Trinajstić information content (AvgIpc) is 2.98. The summed E-state index contributed by atoms with van der Waals surface area (Å²) in [5, 5.41) is 17.4. The molecule has 0 atom stereocenters. The Morgan fingerprint density at radius 2 is 2.19 bits per heavy atom. The van der Waals surface area contributed by atoms with E-state index in [2.05, 4.69) is 21.8 Å². The molecule has 1 aromatic heterocycles. The molecular weight excluding hydrogens is 290 g/mol. The van der Waals surface area contributed by atoms with Crippen molar-refractivity contribution in [2.45, 2.75) is 26.6 Å². The molecule has 2 rings (SSSR count). The molecule has 0 unspecified atom stereocenters. The first-order valence-electron chi connectivity index (χ1n) is 6.74. The van der Waals surface area contributed by atoms with Crippen molar-refractivity contribution in [2.75, 3.05) is 19.0 Å². The lowest BCUT2D eigenvalue weighted by Gasteiger charge is -2.11. The molecule has 114 valence electrons. The van der Waals surface area contributed by atoms with Gasteiger partial charge in [-0.15, -0.1) is 5.10 Å². The van der Waals surface area contributed by atoms with Crippen LogP contribution in [0, 0.1) is 0 Å². The van der Waals surface area contributed by atoms with Gasteiger partial charge in [-0.05, 0) is 24.1 Å². The van der Waals surface area contributed by atoms with E-state index >= 15 is 0 Å². The number of rotatable bonds is 8. The van der Waals surface area contributed by atoms with Crippen LogP contribution in [0.1, 0.15) is 24.6 Å². The number of aliphatic hydroxyl groups is 1. The van der Waals surface area contributed by atoms with Crippen molar-refractivity contribution in [3.63, 3.8) is 0 Å². The molecule has 0 bridgehead atoms. The Kier molecular flexibility index (Phi) is 5.77. The van der Waals surface area contributed by atoms with E-state index in [1.54, 1.807) is 25.3 Å². The van der Waals surface area contributed by atoms with Crippen molar-refractivity contribution in [3.05, 3.63) is 29.5 Å². The zero-order valence-corrected chi connectivity index (χ0v) is 12.9. The summed E-state index contributed by atoms with van der Waals surface area (Å²) in [4.78, 5) is 0. The van der Waals surface area contributed by atoms with Crippen LogP contribution >= 0.6 is 11.5 Å². The van der Waals surface area contributed by atoms with Crippen LogP contribution in [-0.4, -0.2) is 28.3 Å². The minimum absolute atomic E-state index is 0.0300. The predicted molar refractivity (Wildman–Crippen MR) is 81.9 cm³/mol. The molecule has 2 aromatic rings. The second-order valence-corrected chi connectivity index (χ2v) is 5.16. The Bertz CT molecular complexity index is 574. The number of aliphatic hydroxyl groups excluding tert-OH is 1. The maximum absolute atomic E-state index is 9.13. The molecule has 1 aromatic carbocycles. The van der Waals surface area contributed by atoms with Crippen molar-refractivity contribution < 1.29 is 14.6 Å². The van der Waals surface area contributed by atoms with Gasteiger partial charge in [0.05, 0.1) is 13.7 Å². The van der Waals surface area contributed by atoms with Crippen LogP contribution in [0.5, 0.6) is 11.5 Å². The van der Waals surface area contributed by atoms with E-state index in [4.69, 9.17) is 14.6 Å². The van der Waals surface area contributed by atoms with Crippen LogP contribution in [-0.2, 0) is 13.2 Å². The van der Waals surface area contributed by atoms with Crippen molar-refractivity contribution in [3.8, 4) is 11.5 Å². The van der Waals surface area contributed by atoms with Gasteiger partial charge in [-0.3, -0.25) is 0 Å². The first kappa shape index (κ1) is 15.5. The highest BCUT2D eigenvalue weighted by Crippen LogP contribution is 2.29. The number of nitrogens with zero attached hydrogens (tertiary/aromatic N) is 2. The van der Waals surface area contributed by atoms with Crippen molar-refractivity contribution in [1.29, 1.82) is 0 Å². The number of methoxy groups -OCH3 is 1. The Balaban J connectivity index is 2.04. The number of hydrogen-bond donors (Lipinski definition) is 2. The molecule has 0 saturated heterocycles. The van der Waals surface area contributed by atoms with Gasteiger partial charge in [-0.1, -0.05) is 17.5 Å². The van der Waals surface area contributed by atoms with Gasteiger partial charge in [-0.2, -0.15) is 0 Å². The largest absolute Gasteiger partial charge is 0.493 e. The highest BCUT2D eigenvalue weighted by molar-refractivity contribution is 7.10. The second kappa shape index (κ2) is 7.80. The van der Waals surface area contributed by atoms with E-state index in [1.165, 1.54) is 11.5 Å². The van der Waals surface area contributed by atoms with E-state index in [0.29, 0.717) is 18.1 Å². The summed E-state index contributed by atoms with van der Waals surface area (Å²) in [6.45, 7) is 3.27. The molecule has 0 aliphatic heterocycles. The van der Waals surface area contributed by atoms with Gasteiger partial charge in [0.1, 0.15) is 17.3 Å². The number of ether oxygens (including phenoxy) is 2. The highest BCUT2D eigenvalue weighted by Gasteiger charge is 2.11. The smallest absolute Gasteiger partial charge is 0.161 e. The Labute approximate surface area is 127 Å². The lowest BCUT2D eigenvalue weighted by atomic mass is 10.2. The molecule has 21 heavy (non-hydrogen) atoms. The Hall–Kier alpha value is -1.86. The van der Waals surface area contributed by atoms with E-state index in [1.807, 2.05) is 0 Å². The quantitative estimate of drug-likeness (QED) is 0.780. The fourth-order valence-electron chi connectivity index (χ4n) is 1.75. The zero-order valence-electron chi connectivity index (χ0n) is 12.1. The Morgan fingerprint density at radius 1 is 1.33 bits per heavy atom. The molecule has 0 aliphatic rings. The lowest BCUT2D eigenvalue weighted by molar-refractivity contribution is 0.272. The van der Waals surface area contributed by atoms with Crippen LogP contribution in [0.2, 0.25) is 0 Å². The number of aromatic nitrogens is 2. The topological polar surface area (TPSA) is 76.5 Å². The molecule has 0 aliphatic carbocycles. The second-order valence-electron chi connectivity index (χ2n) is 4.41. The molecule has 0 amide bonds. The van der Waals surface area contributed by atoms with Gasteiger partial charge in [0, 0.05) is 18.1 Å². The average molecular weight is 309 g/mol. The third-order valence-corrected chi connectivity index (χ3v) is 3.59. The first-order chi connectivity index (χ1) is 10.3.